The van der Waals surface area contributed by atoms with Gasteiger partial charge in [-0.1, -0.05) is 6.07 Å². The maximum absolute atomic E-state index is 9.71. The third-order valence-electron chi connectivity index (χ3n) is 2.57. The van der Waals surface area contributed by atoms with Gasteiger partial charge in [-0.15, -0.1) is 0 Å². The molecule has 7 nitrogen and oxygen atoms in total. The van der Waals surface area contributed by atoms with Crippen molar-refractivity contribution in [3.63, 3.8) is 0 Å². The molecule has 0 radical (unpaired) electrons. The van der Waals surface area contributed by atoms with Gasteiger partial charge in [-0.25, -0.2) is 0 Å². The quantitative estimate of drug-likeness (QED) is 0.330. The number of benzene rings is 1. The maximum atomic E-state index is 9.71. The van der Waals surface area contributed by atoms with Crippen LogP contribution in [0.15, 0.2) is 47.8 Å². The number of hydrogen-bond donors (Lipinski definition) is 0. The number of rotatable bonds is 4. The number of methoxy groups -OCH3 is 1. The van der Waals surface area contributed by atoms with Crippen molar-refractivity contribution < 1.29 is 40.5 Å². The number of para-hydroxylation sites is 1. The van der Waals surface area contributed by atoms with Gasteiger partial charge >= 0.3 is 5.75 Å². The normalized spacial score (nSPS) is 9.50. The Balaban J connectivity index is 0.00000220. The first-order valence-corrected chi connectivity index (χ1v) is 5.81. The zero-order chi connectivity index (χ0) is 14.4. The zero-order valence-corrected chi connectivity index (χ0v) is 13.2. The second-order valence-electron chi connectivity index (χ2n) is 3.83. The van der Waals surface area contributed by atoms with Crippen LogP contribution in [0.4, 0.5) is 0 Å². The van der Waals surface area contributed by atoms with E-state index in [1.807, 2.05) is 0 Å². The van der Waals surface area contributed by atoms with Crippen LogP contribution < -0.4 is 4.74 Å². The summed E-state index contributed by atoms with van der Waals surface area (Å²) in [6, 6.07) is 8.40. The van der Waals surface area contributed by atoms with Crippen LogP contribution in [0.5, 0.6) is 11.5 Å². The summed E-state index contributed by atoms with van der Waals surface area (Å²) in [5.74, 6) is 0.465. The Bertz CT molecular complexity index is 635. The third kappa shape index (κ3) is 4.93. The predicted molar refractivity (Wildman–Crippen MR) is 80.9 cm³/mol. The van der Waals surface area contributed by atoms with Gasteiger partial charge in [0.15, 0.2) is 0 Å². The molecule has 2 rings (SSSR count). The zero-order valence-electron chi connectivity index (χ0n) is 11.6. The fourth-order valence-corrected chi connectivity index (χ4v) is 1.53. The van der Waals surface area contributed by atoms with Crippen molar-refractivity contribution in [3.05, 3.63) is 59.3 Å². The van der Waals surface area contributed by atoms with E-state index in [2.05, 4.69) is 15.5 Å². The molecular weight excluding hydrogens is 381 g/mol. The molecular formula is C14H16N3O4Pd+. The minimum atomic E-state index is -0.210. The van der Waals surface area contributed by atoms with E-state index < -0.39 is 0 Å². The Labute approximate surface area is 141 Å². The van der Waals surface area contributed by atoms with Gasteiger partial charge in [-0.3, -0.25) is 9.78 Å². The summed E-state index contributed by atoms with van der Waals surface area (Å²) in [7, 11) is 1.50. The molecule has 0 aliphatic rings. The molecule has 2 aromatic rings. The van der Waals surface area contributed by atoms with Gasteiger partial charge < -0.3 is 25.8 Å². The predicted octanol–water partition coefficient (Wildman–Crippen LogP) is 0.959. The summed E-state index contributed by atoms with van der Waals surface area (Å²) < 4.78 is 5.04. The summed E-state index contributed by atoms with van der Waals surface area (Å²) in [6.45, 7) is 0. The summed E-state index contributed by atoms with van der Waals surface area (Å²) in [5, 5.41) is 11.6. The molecule has 0 unspecified atom stereocenters. The Morgan fingerprint density at radius 2 is 2.00 bits per heavy atom. The van der Waals surface area contributed by atoms with E-state index in [1.54, 1.807) is 42.7 Å². The van der Waals surface area contributed by atoms with Crippen molar-refractivity contribution in [2.75, 3.05) is 7.11 Å². The minimum absolute atomic E-state index is 0. The van der Waals surface area contributed by atoms with Crippen LogP contribution in [0.3, 0.4) is 0 Å². The SMILES string of the molecule is COc1cccc(/C=N/[N-]C(=[OH+])c2ccncc2)c1[OH2+].O.[Pd]. The standard InChI is InChI=1S/C14H13N3O3.H2O.Pd/c1-20-12-4-2-3-11(13(12)18)9-16-17-14(19)10-5-7-15-8-6-10;;/h2-9H,1H3,(H2,15,16,17,18,19);1H2;/p+1. The topological polar surface area (TPSA) is 124 Å². The van der Waals surface area contributed by atoms with Crippen molar-refractivity contribution in [2.45, 2.75) is 0 Å². The van der Waals surface area contributed by atoms with Crippen molar-refractivity contribution in [3.8, 4) is 11.5 Å². The number of amides is 1. The van der Waals surface area contributed by atoms with Gasteiger partial charge in [0.2, 0.25) is 5.75 Å². The molecule has 0 atom stereocenters. The fourth-order valence-electron chi connectivity index (χ4n) is 1.53. The summed E-state index contributed by atoms with van der Waals surface area (Å²) >= 11 is 0. The molecule has 0 fully saturated rings. The van der Waals surface area contributed by atoms with Crippen molar-refractivity contribution in [2.24, 2.45) is 5.10 Å². The molecule has 22 heavy (non-hydrogen) atoms. The van der Waals surface area contributed by atoms with Crippen molar-refractivity contribution >= 4 is 12.1 Å². The monoisotopic (exact) mass is 396 g/mol. The smallest absolute Gasteiger partial charge is 0.305 e. The van der Waals surface area contributed by atoms with Gasteiger partial charge in [0.05, 0.1) is 18.2 Å². The van der Waals surface area contributed by atoms with E-state index in [-0.39, 0.29) is 37.6 Å². The second kappa shape index (κ2) is 9.63. The average molecular weight is 397 g/mol. The molecule has 0 bridgehead atoms. The molecule has 0 saturated heterocycles. The maximum Gasteiger partial charge on any atom is 0.305 e. The van der Waals surface area contributed by atoms with Crippen LogP contribution in [-0.4, -0.2) is 39.6 Å². The van der Waals surface area contributed by atoms with E-state index >= 15 is 0 Å². The van der Waals surface area contributed by atoms with Crippen molar-refractivity contribution in [1.29, 1.82) is 0 Å². The average Bonchev–Trinajstić information content (AvgIpc) is 2.49. The van der Waals surface area contributed by atoms with Crippen LogP contribution in [0.2, 0.25) is 0 Å². The first kappa shape index (κ1) is 19.7. The summed E-state index contributed by atoms with van der Waals surface area (Å²) in [5.41, 5.74) is 4.75. The molecule has 0 spiro atoms. The van der Waals surface area contributed by atoms with E-state index in [9.17, 15) is 4.79 Å². The van der Waals surface area contributed by atoms with Crippen LogP contribution >= 0.6 is 0 Å². The van der Waals surface area contributed by atoms with Crippen molar-refractivity contribution in [1.82, 2.24) is 4.98 Å². The van der Waals surface area contributed by atoms with Gasteiger partial charge in [-0.05, 0) is 24.3 Å². The largest absolute Gasteiger partial charge is 0.590 e. The third-order valence-corrected chi connectivity index (χ3v) is 2.57. The molecule has 1 amide bonds. The molecule has 0 aliphatic heterocycles. The number of carbonyl (C=O) groups excluding carboxylic acids is 1. The van der Waals surface area contributed by atoms with Gasteiger partial charge in [0.1, 0.15) is 0 Å². The molecule has 0 aliphatic carbocycles. The number of ether oxygens (including phenoxy) is 1. The summed E-state index contributed by atoms with van der Waals surface area (Å²) in [6.07, 6.45) is 4.49. The van der Waals surface area contributed by atoms with Gasteiger partial charge in [0.25, 0.3) is 5.91 Å². The number of nitrogens with zero attached hydrogens (tertiary/aromatic N) is 3. The Morgan fingerprint density at radius 1 is 1.32 bits per heavy atom. The Morgan fingerprint density at radius 3 is 2.64 bits per heavy atom. The number of hydrogen-bond acceptors (Lipinski definition) is 3. The minimum Gasteiger partial charge on any atom is -0.590 e. The molecule has 1 heterocycles. The molecule has 120 valence electrons. The Hall–Kier alpha value is -2.27. The van der Waals surface area contributed by atoms with Crippen LogP contribution in [0.1, 0.15) is 11.1 Å². The number of pyridine rings is 1. The Kier molecular flexibility index (Phi) is 8.64. The van der Waals surface area contributed by atoms with Gasteiger partial charge in [0, 0.05) is 39.0 Å². The van der Waals surface area contributed by atoms with Crippen LogP contribution in [0.25, 0.3) is 5.43 Å². The molecule has 1 aromatic carbocycles. The number of aromatic nitrogens is 1. The molecule has 8 heteroatoms. The fraction of sp³-hybridized carbons (Fsp3) is 0.0714. The van der Waals surface area contributed by atoms with E-state index in [4.69, 9.17) is 9.84 Å². The van der Waals surface area contributed by atoms with Gasteiger partial charge in [-0.2, -0.15) is 0 Å². The molecule has 0 saturated carbocycles. The summed E-state index contributed by atoms with van der Waals surface area (Å²) in [4.78, 5) is 13.5. The second-order valence-corrected chi connectivity index (χ2v) is 3.83. The van der Waals surface area contributed by atoms with Crippen LogP contribution in [0, 0.1) is 0 Å². The van der Waals surface area contributed by atoms with E-state index in [1.165, 1.54) is 13.3 Å². The van der Waals surface area contributed by atoms with E-state index in [0.29, 0.717) is 16.9 Å². The van der Waals surface area contributed by atoms with E-state index in [0.717, 1.165) is 0 Å². The first-order valence-electron chi connectivity index (χ1n) is 5.81. The molecule has 1 aromatic heterocycles. The van der Waals surface area contributed by atoms with Crippen LogP contribution in [-0.2, 0) is 20.4 Å². The first-order chi connectivity index (χ1) is 9.72. The molecule has 5 N–H and O–H groups in total.